The number of hydrogen-bond donors (Lipinski definition) is 1. The number of carbonyl (C=O) groups excluding carboxylic acids is 1. The van der Waals surface area contributed by atoms with Crippen molar-refractivity contribution >= 4 is 30.8 Å². The van der Waals surface area contributed by atoms with E-state index >= 15 is 0 Å². The molecule has 0 radical (unpaired) electrons. The van der Waals surface area contributed by atoms with Crippen molar-refractivity contribution in [3.05, 3.63) is 12.2 Å². The Hall–Kier alpha value is -0.890. The van der Waals surface area contributed by atoms with Gasteiger partial charge in [0, 0.05) is 26.7 Å². The Bertz CT molecular complexity index is 512. The molecule has 0 spiro atoms. The second-order valence-corrected chi connectivity index (χ2v) is 5.81. The lowest BCUT2D eigenvalue weighted by atomic mass is 9.74. The van der Waals surface area contributed by atoms with E-state index in [-0.39, 0.29) is 30.8 Å². The van der Waals surface area contributed by atoms with E-state index < -0.39 is 5.41 Å². The maximum absolute atomic E-state index is 12.2. The van der Waals surface area contributed by atoms with Gasteiger partial charge in [-0.1, -0.05) is 0 Å². The number of halogens is 2. The number of esters is 1. The Kier molecular flexibility index (Phi) is 6.61. The number of nitrogens with zero attached hydrogens (tertiary/aromatic N) is 4. The highest BCUT2D eigenvalue weighted by Crippen LogP contribution is 2.41. The molecule has 0 saturated carbocycles. The molecular weight excluding hydrogens is 329 g/mol. The predicted molar refractivity (Wildman–Crippen MR) is 86.2 cm³/mol. The molecule has 7 nitrogen and oxygen atoms in total. The summed E-state index contributed by atoms with van der Waals surface area (Å²) in [6.07, 6.45) is 2.72. The first kappa shape index (κ1) is 19.2. The number of likely N-dealkylation sites (tertiary alicyclic amines) is 1. The average molecular weight is 352 g/mol. The lowest BCUT2D eigenvalue weighted by Gasteiger charge is -2.36. The Morgan fingerprint density at radius 1 is 1.55 bits per heavy atom. The summed E-state index contributed by atoms with van der Waals surface area (Å²) in [6, 6.07) is 0. The minimum Gasteiger partial charge on any atom is -0.469 e. The van der Waals surface area contributed by atoms with Crippen LogP contribution in [0.5, 0.6) is 0 Å². The van der Waals surface area contributed by atoms with Crippen LogP contribution >= 0.6 is 24.8 Å². The first-order valence-electron chi connectivity index (χ1n) is 7.00. The summed E-state index contributed by atoms with van der Waals surface area (Å²) < 4.78 is 6.76. The maximum Gasteiger partial charge on any atom is 0.314 e. The third-order valence-corrected chi connectivity index (χ3v) is 4.48. The van der Waals surface area contributed by atoms with E-state index in [0.29, 0.717) is 19.0 Å². The van der Waals surface area contributed by atoms with Gasteiger partial charge in [0.15, 0.2) is 5.82 Å². The fraction of sp³-hybridized carbons (Fsp3) is 0.769. The van der Waals surface area contributed by atoms with Gasteiger partial charge in [-0.2, -0.15) is 5.10 Å². The van der Waals surface area contributed by atoms with Crippen LogP contribution in [-0.2, 0) is 23.1 Å². The molecule has 2 saturated heterocycles. The van der Waals surface area contributed by atoms with Crippen LogP contribution in [0.4, 0.5) is 0 Å². The van der Waals surface area contributed by atoms with Crippen molar-refractivity contribution in [2.45, 2.75) is 13.0 Å². The molecule has 2 aliphatic heterocycles. The van der Waals surface area contributed by atoms with Crippen LogP contribution in [0.15, 0.2) is 6.33 Å². The van der Waals surface area contributed by atoms with Gasteiger partial charge in [-0.25, -0.2) is 4.98 Å². The van der Waals surface area contributed by atoms with Crippen LogP contribution in [0.1, 0.15) is 12.2 Å². The average Bonchev–Trinajstić information content (AvgIpc) is 3.01. The molecule has 0 aliphatic carbocycles. The Morgan fingerprint density at radius 3 is 2.95 bits per heavy atom. The molecule has 2 atom stereocenters. The molecule has 2 unspecified atom stereocenters. The molecule has 0 bridgehead atoms. The molecule has 1 N–H and O–H groups in total. The molecule has 2 fully saturated rings. The standard InChI is InChI=1S/C13H21N5O2.2ClH/c1-17-9-15-11(16-17)6-18-5-10-3-4-14-7-13(10,8-18)12(19)20-2;;/h9-10,14H,3-8H2,1-2H3;2*1H. The third-order valence-electron chi connectivity index (χ3n) is 4.48. The zero-order valence-corrected chi connectivity index (χ0v) is 14.5. The van der Waals surface area contributed by atoms with E-state index in [1.54, 1.807) is 11.0 Å². The van der Waals surface area contributed by atoms with Gasteiger partial charge in [-0.05, 0) is 18.9 Å². The number of methoxy groups -OCH3 is 1. The molecule has 3 rings (SSSR count). The number of fused-ring (bicyclic) bond motifs is 1. The van der Waals surface area contributed by atoms with Gasteiger partial charge < -0.3 is 10.1 Å². The normalized spacial score (nSPS) is 27.5. The van der Waals surface area contributed by atoms with Gasteiger partial charge >= 0.3 is 5.97 Å². The largest absolute Gasteiger partial charge is 0.469 e. The number of nitrogens with one attached hydrogen (secondary N) is 1. The summed E-state index contributed by atoms with van der Waals surface area (Å²) in [7, 11) is 3.34. The lowest BCUT2D eigenvalue weighted by Crippen LogP contribution is -2.52. The molecule has 22 heavy (non-hydrogen) atoms. The van der Waals surface area contributed by atoms with Gasteiger partial charge in [0.1, 0.15) is 6.33 Å². The lowest BCUT2D eigenvalue weighted by molar-refractivity contribution is -0.155. The number of aromatic nitrogens is 3. The molecule has 2 aliphatic rings. The van der Waals surface area contributed by atoms with Crippen LogP contribution in [0.3, 0.4) is 0 Å². The van der Waals surface area contributed by atoms with E-state index in [0.717, 1.165) is 31.9 Å². The summed E-state index contributed by atoms with van der Waals surface area (Å²) in [4.78, 5) is 18.8. The highest BCUT2D eigenvalue weighted by molar-refractivity contribution is 5.85. The summed E-state index contributed by atoms with van der Waals surface area (Å²) in [5, 5.41) is 7.65. The summed E-state index contributed by atoms with van der Waals surface area (Å²) in [5.74, 6) is 1.07. The number of ether oxygens (including phenoxy) is 1. The van der Waals surface area contributed by atoms with Crippen molar-refractivity contribution < 1.29 is 9.53 Å². The fourth-order valence-electron chi connectivity index (χ4n) is 3.52. The summed E-state index contributed by atoms with van der Waals surface area (Å²) >= 11 is 0. The number of carbonyl (C=O) groups is 1. The highest BCUT2D eigenvalue weighted by atomic mass is 35.5. The maximum atomic E-state index is 12.2. The van der Waals surface area contributed by atoms with Gasteiger partial charge in [-0.3, -0.25) is 14.4 Å². The van der Waals surface area contributed by atoms with Crippen LogP contribution in [0.2, 0.25) is 0 Å². The summed E-state index contributed by atoms with van der Waals surface area (Å²) in [6.45, 7) is 4.00. The van der Waals surface area contributed by atoms with Crippen molar-refractivity contribution in [3.63, 3.8) is 0 Å². The smallest absolute Gasteiger partial charge is 0.314 e. The predicted octanol–water partition coefficient (Wildman–Crippen LogP) is 0.243. The monoisotopic (exact) mass is 351 g/mol. The molecule has 1 aromatic heterocycles. The number of rotatable bonds is 3. The minimum absolute atomic E-state index is 0. The highest BCUT2D eigenvalue weighted by Gasteiger charge is 2.53. The fourth-order valence-corrected chi connectivity index (χ4v) is 3.52. The molecule has 3 heterocycles. The molecule has 1 aromatic rings. The van der Waals surface area contributed by atoms with Crippen molar-refractivity contribution in [3.8, 4) is 0 Å². The molecular formula is C13H23Cl2N5O2. The van der Waals surface area contributed by atoms with Crippen LogP contribution in [0.25, 0.3) is 0 Å². The first-order chi connectivity index (χ1) is 9.64. The van der Waals surface area contributed by atoms with E-state index in [2.05, 4.69) is 20.3 Å². The van der Waals surface area contributed by atoms with E-state index in [1.807, 2.05) is 7.05 Å². The zero-order valence-electron chi connectivity index (χ0n) is 12.8. The van der Waals surface area contributed by atoms with Crippen LogP contribution in [0, 0.1) is 11.3 Å². The van der Waals surface area contributed by atoms with Gasteiger partial charge in [0.2, 0.25) is 0 Å². The molecule has 0 amide bonds. The van der Waals surface area contributed by atoms with Crippen molar-refractivity contribution in [1.29, 1.82) is 0 Å². The second-order valence-electron chi connectivity index (χ2n) is 5.81. The first-order valence-corrected chi connectivity index (χ1v) is 7.00. The van der Waals surface area contributed by atoms with Crippen LogP contribution in [-0.4, -0.2) is 58.9 Å². The SMILES string of the molecule is COC(=O)C12CNCCC1CN(Cc1ncn(C)n1)C2.Cl.Cl. The van der Waals surface area contributed by atoms with E-state index in [4.69, 9.17) is 4.74 Å². The molecule has 9 heteroatoms. The van der Waals surface area contributed by atoms with E-state index in [9.17, 15) is 4.79 Å². The van der Waals surface area contributed by atoms with Crippen molar-refractivity contribution in [1.82, 2.24) is 25.0 Å². The topological polar surface area (TPSA) is 72.3 Å². The molecule has 0 aromatic carbocycles. The minimum atomic E-state index is -0.401. The second kappa shape index (κ2) is 7.59. The quantitative estimate of drug-likeness (QED) is 0.786. The van der Waals surface area contributed by atoms with Crippen molar-refractivity contribution in [2.24, 2.45) is 18.4 Å². The third kappa shape index (κ3) is 3.37. The van der Waals surface area contributed by atoms with Crippen molar-refractivity contribution in [2.75, 3.05) is 33.3 Å². The Balaban J connectivity index is 0.00000121. The van der Waals surface area contributed by atoms with Crippen LogP contribution < -0.4 is 5.32 Å². The summed E-state index contributed by atoms with van der Waals surface area (Å²) in [5.41, 5.74) is -0.401. The van der Waals surface area contributed by atoms with Gasteiger partial charge in [-0.15, -0.1) is 24.8 Å². The van der Waals surface area contributed by atoms with E-state index in [1.165, 1.54) is 7.11 Å². The zero-order chi connectivity index (χ0) is 14.2. The Labute approximate surface area is 142 Å². The number of hydrogen-bond acceptors (Lipinski definition) is 6. The number of aryl methyl sites for hydroxylation is 1. The van der Waals surface area contributed by atoms with Gasteiger partial charge in [0.05, 0.1) is 19.1 Å². The van der Waals surface area contributed by atoms with Gasteiger partial charge in [0.25, 0.3) is 0 Å². The Morgan fingerprint density at radius 2 is 2.32 bits per heavy atom. The number of piperidine rings is 1. The molecule has 126 valence electrons.